The summed E-state index contributed by atoms with van der Waals surface area (Å²) in [5.41, 5.74) is 8.22. The average molecular weight is 229 g/mol. The molecule has 0 aliphatic rings. The predicted octanol–water partition coefficient (Wildman–Crippen LogP) is 2.97. The summed E-state index contributed by atoms with van der Waals surface area (Å²) in [4.78, 5) is 0. The third kappa shape index (κ3) is 2.87. The van der Waals surface area contributed by atoms with Crippen LogP contribution in [0.2, 0.25) is 0 Å². The first-order chi connectivity index (χ1) is 8.16. The maximum atomic E-state index is 5.87. The molecule has 90 valence electrons. The summed E-state index contributed by atoms with van der Waals surface area (Å²) >= 11 is 0. The first kappa shape index (κ1) is 11.7. The second-order valence-corrected chi connectivity index (χ2v) is 4.53. The van der Waals surface area contributed by atoms with Crippen molar-refractivity contribution in [2.75, 3.05) is 5.73 Å². The van der Waals surface area contributed by atoms with Crippen molar-refractivity contribution in [3.8, 4) is 0 Å². The monoisotopic (exact) mass is 229 g/mol. The van der Waals surface area contributed by atoms with Crippen LogP contribution in [0.1, 0.15) is 30.5 Å². The largest absolute Gasteiger partial charge is 0.384 e. The second kappa shape index (κ2) is 5.04. The molecule has 1 unspecified atom stereocenters. The zero-order valence-corrected chi connectivity index (χ0v) is 10.4. The summed E-state index contributed by atoms with van der Waals surface area (Å²) in [6, 6.07) is 12.5. The minimum Gasteiger partial charge on any atom is -0.384 e. The van der Waals surface area contributed by atoms with E-state index >= 15 is 0 Å². The lowest BCUT2D eigenvalue weighted by atomic mass is 9.98. The Kier molecular flexibility index (Phi) is 3.47. The molecule has 3 nitrogen and oxygen atoms in total. The molecule has 0 bridgehead atoms. The van der Waals surface area contributed by atoms with Crippen molar-refractivity contribution >= 4 is 5.82 Å². The lowest BCUT2D eigenvalue weighted by molar-refractivity contribution is 0.536. The van der Waals surface area contributed by atoms with Gasteiger partial charge in [0.1, 0.15) is 5.82 Å². The zero-order valence-electron chi connectivity index (χ0n) is 10.4. The molecule has 1 atom stereocenters. The Bertz CT molecular complexity index is 473. The molecule has 0 amide bonds. The van der Waals surface area contributed by atoms with Crippen molar-refractivity contribution in [1.29, 1.82) is 0 Å². The highest BCUT2D eigenvalue weighted by atomic mass is 15.3. The first-order valence-electron chi connectivity index (χ1n) is 6.01. The Labute approximate surface area is 102 Å². The molecular formula is C14H19N3. The van der Waals surface area contributed by atoms with Crippen molar-refractivity contribution in [3.63, 3.8) is 0 Å². The molecule has 2 aromatic rings. The zero-order chi connectivity index (χ0) is 12.3. The molecule has 2 N–H and O–H groups in total. The van der Waals surface area contributed by atoms with Gasteiger partial charge in [-0.3, -0.25) is 0 Å². The summed E-state index contributed by atoms with van der Waals surface area (Å²) in [5.74, 6) is 1.28. The highest BCUT2D eigenvalue weighted by molar-refractivity contribution is 5.30. The topological polar surface area (TPSA) is 43.8 Å². The molecule has 0 fully saturated rings. The Morgan fingerprint density at radius 2 is 2.00 bits per heavy atom. The number of nitrogens with two attached hydrogens (primary N) is 1. The maximum Gasteiger partial charge on any atom is 0.121 e. The van der Waals surface area contributed by atoms with E-state index < -0.39 is 0 Å². The van der Waals surface area contributed by atoms with E-state index in [4.69, 9.17) is 5.73 Å². The van der Waals surface area contributed by atoms with Crippen LogP contribution in [0.5, 0.6) is 0 Å². The van der Waals surface area contributed by atoms with Crippen LogP contribution in [0.25, 0.3) is 0 Å². The molecule has 0 saturated heterocycles. The summed E-state index contributed by atoms with van der Waals surface area (Å²) < 4.78 is 1.88. The molecular weight excluding hydrogens is 210 g/mol. The van der Waals surface area contributed by atoms with E-state index in [1.807, 2.05) is 23.7 Å². The minimum absolute atomic E-state index is 0.528. The number of hydrogen-bond donors (Lipinski definition) is 1. The van der Waals surface area contributed by atoms with Crippen molar-refractivity contribution in [2.45, 2.75) is 32.7 Å². The van der Waals surface area contributed by atoms with Crippen LogP contribution in [0.4, 0.5) is 5.82 Å². The van der Waals surface area contributed by atoms with Gasteiger partial charge in [-0.2, -0.15) is 5.10 Å². The third-order valence-corrected chi connectivity index (χ3v) is 3.08. The average Bonchev–Trinajstić information content (AvgIpc) is 2.66. The normalized spacial score (nSPS) is 12.6. The van der Waals surface area contributed by atoms with Crippen LogP contribution < -0.4 is 5.73 Å². The Morgan fingerprint density at radius 1 is 1.29 bits per heavy atom. The van der Waals surface area contributed by atoms with Crippen LogP contribution in [0.15, 0.2) is 36.4 Å². The molecule has 0 spiro atoms. The molecule has 17 heavy (non-hydrogen) atoms. The number of anilines is 1. The summed E-state index contributed by atoms with van der Waals surface area (Å²) in [5, 5.41) is 4.37. The first-order valence-corrected chi connectivity index (χ1v) is 6.01. The van der Waals surface area contributed by atoms with Gasteiger partial charge < -0.3 is 5.73 Å². The van der Waals surface area contributed by atoms with E-state index in [2.05, 4.69) is 36.3 Å². The van der Waals surface area contributed by atoms with Crippen LogP contribution in [-0.2, 0) is 6.54 Å². The smallest absolute Gasteiger partial charge is 0.121 e. The van der Waals surface area contributed by atoms with Gasteiger partial charge in [0.2, 0.25) is 0 Å². The van der Waals surface area contributed by atoms with Crippen LogP contribution >= 0.6 is 0 Å². The van der Waals surface area contributed by atoms with E-state index in [1.165, 1.54) is 5.56 Å². The van der Waals surface area contributed by atoms with Crippen molar-refractivity contribution < 1.29 is 0 Å². The minimum atomic E-state index is 0.528. The van der Waals surface area contributed by atoms with Crippen molar-refractivity contribution in [2.24, 2.45) is 0 Å². The Morgan fingerprint density at radius 3 is 2.59 bits per heavy atom. The van der Waals surface area contributed by atoms with E-state index in [1.54, 1.807) is 0 Å². The Hall–Kier alpha value is -1.77. The summed E-state index contributed by atoms with van der Waals surface area (Å²) in [7, 11) is 0. The number of benzene rings is 1. The predicted molar refractivity (Wildman–Crippen MR) is 70.9 cm³/mol. The number of hydrogen-bond acceptors (Lipinski definition) is 2. The molecule has 1 heterocycles. The molecule has 1 aromatic heterocycles. The van der Waals surface area contributed by atoms with Gasteiger partial charge in [-0.25, -0.2) is 4.68 Å². The van der Waals surface area contributed by atoms with Crippen molar-refractivity contribution in [3.05, 3.63) is 47.7 Å². The quantitative estimate of drug-likeness (QED) is 0.876. The maximum absolute atomic E-state index is 5.87. The third-order valence-electron chi connectivity index (χ3n) is 3.08. The molecule has 2 rings (SSSR count). The van der Waals surface area contributed by atoms with E-state index in [9.17, 15) is 0 Å². The molecule has 1 aromatic carbocycles. The van der Waals surface area contributed by atoms with E-state index in [-0.39, 0.29) is 0 Å². The molecule has 0 saturated carbocycles. The molecule has 0 aliphatic carbocycles. The van der Waals surface area contributed by atoms with Gasteiger partial charge >= 0.3 is 0 Å². The number of nitrogen functional groups attached to an aromatic ring is 1. The van der Waals surface area contributed by atoms with Crippen LogP contribution in [0, 0.1) is 6.92 Å². The SMILES string of the molecule is Cc1cc(N)n(CCC(C)c2ccccc2)n1. The molecule has 0 aliphatic heterocycles. The van der Waals surface area contributed by atoms with Gasteiger partial charge in [-0.05, 0) is 24.8 Å². The van der Waals surface area contributed by atoms with Gasteiger partial charge in [0.25, 0.3) is 0 Å². The fourth-order valence-electron chi connectivity index (χ4n) is 2.01. The van der Waals surface area contributed by atoms with Crippen LogP contribution in [0.3, 0.4) is 0 Å². The number of nitrogens with zero attached hydrogens (tertiary/aromatic N) is 2. The Balaban J connectivity index is 1.97. The number of aromatic nitrogens is 2. The molecule has 0 radical (unpaired) electrons. The summed E-state index contributed by atoms with van der Waals surface area (Å²) in [6.07, 6.45) is 1.05. The molecule has 3 heteroatoms. The lowest BCUT2D eigenvalue weighted by Crippen LogP contribution is -2.07. The summed E-state index contributed by atoms with van der Waals surface area (Å²) in [6.45, 7) is 5.07. The lowest BCUT2D eigenvalue weighted by Gasteiger charge is -2.12. The number of rotatable bonds is 4. The fraction of sp³-hybridized carbons (Fsp3) is 0.357. The highest BCUT2D eigenvalue weighted by Crippen LogP contribution is 2.19. The van der Waals surface area contributed by atoms with Crippen molar-refractivity contribution in [1.82, 2.24) is 9.78 Å². The fourth-order valence-corrected chi connectivity index (χ4v) is 2.01. The van der Waals surface area contributed by atoms with Crippen LogP contribution in [-0.4, -0.2) is 9.78 Å². The van der Waals surface area contributed by atoms with Gasteiger partial charge in [0.05, 0.1) is 5.69 Å². The van der Waals surface area contributed by atoms with Gasteiger partial charge in [0.15, 0.2) is 0 Å². The standard InChI is InChI=1S/C14H19N3/c1-11(13-6-4-3-5-7-13)8-9-17-14(15)10-12(2)16-17/h3-7,10-11H,8-9,15H2,1-2H3. The highest BCUT2D eigenvalue weighted by Gasteiger charge is 2.07. The van der Waals surface area contributed by atoms with Gasteiger partial charge in [-0.1, -0.05) is 37.3 Å². The van der Waals surface area contributed by atoms with E-state index in [0.29, 0.717) is 5.92 Å². The van der Waals surface area contributed by atoms with Gasteiger partial charge in [0, 0.05) is 12.6 Å². The van der Waals surface area contributed by atoms with E-state index in [0.717, 1.165) is 24.5 Å². The van der Waals surface area contributed by atoms with Gasteiger partial charge in [-0.15, -0.1) is 0 Å². The number of aryl methyl sites for hydroxylation is 2. The second-order valence-electron chi connectivity index (χ2n) is 4.53.